The van der Waals surface area contributed by atoms with Gasteiger partial charge in [-0.3, -0.25) is 0 Å². The topological polar surface area (TPSA) is 129 Å². The Kier molecular flexibility index (Phi) is 11.9. The fourth-order valence-electron chi connectivity index (χ4n) is 0.0922. The zero-order chi connectivity index (χ0) is 11.1. The van der Waals surface area contributed by atoms with E-state index in [-0.39, 0.29) is 17.8 Å². The van der Waals surface area contributed by atoms with Gasteiger partial charge in [0.15, 0.2) is 0 Å². The van der Waals surface area contributed by atoms with E-state index in [4.69, 9.17) is 22.3 Å². The van der Waals surface area contributed by atoms with Crippen LogP contribution in [0.4, 0.5) is 0 Å². The van der Waals surface area contributed by atoms with Crippen molar-refractivity contribution in [2.24, 2.45) is 5.14 Å². The van der Waals surface area contributed by atoms with Crippen LogP contribution < -0.4 is 11.3 Å². The van der Waals surface area contributed by atoms with Gasteiger partial charge in [-0.15, -0.1) is 11.6 Å². The van der Waals surface area contributed by atoms with E-state index in [1.807, 2.05) is 0 Å². The van der Waals surface area contributed by atoms with E-state index in [1.54, 1.807) is 0 Å². The minimum Gasteiger partial charge on any atom is -0.344 e. The highest BCUT2D eigenvalue weighted by molar-refractivity contribution is 8.13. The van der Waals surface area contributed by atoms with Crippen molar-refractivity contribution < 1.29 is 16.8 Å². The molecule has 0 radical (unpaired) electrons. The van der Waals surface area contributed by atoms with Crippen molar-refractivity contribution in [3.05, 3.63) is 12.0 Å². The Bertz CT molecular complexity index is 325. The molecule has 0 unspecified atom stereocenters. The van der Waals surface area contributed by atoms with Gasteiger partial charge in [-0.05, 0) is 0 Å². The van der Waals surface area contributed by atoms with E-state index in [9.17, 15) is 16.8 Å². The molecule has 0 bridgehead atoms. The van der Waals surface area contributed by atoms with Crippen LogP contribution in [0.25, 0.3) is 0 Å². The first-order chi connectivity index (χ1) is 5.62. The molecule has 10 heteroatoms. The van der Waals surface area contributed by atoms with Crippen LogP contribution in [0, 0.1) is 0 Å². The van der Waals surface area contributed by atoms with Crippen LogP contribution in [-0.4, -0.2) is 28.5 Å². The lowest BCUT2D eigenvalue weighted by Gasteiger charge is -1.82. The molecule has 0 aliphatic carbocycles. The third-order valence-corrected chi connectivity index (χ3v) is 2.59. The molecule has 0 aromatic rings. The monoisotopic (exact) mass is 286 g/mol. The van der Waals surface area contributed by atoms with E-state index >= 15 is 0 Å². The molecule has 0 aromatic carbocycles. The Balaban J connectivity index is -0.000000163. The maximum atomic E-state index is 9.91. The molecule has 5 N–H and O–H groups in total. The van der Waals surface area contributed by atoms with E-state index in [0.29, 0.717) is 5.41 Å². The molecule has 6 nitrogen and oxygen atoms in total. The van der Waals surface area contributed by atoms with Crippen LogP contribution in [0.5, 0.6) is 0 Å². The van der Waals surface area contributed by atoms with Gasteiger partial charge in [-0.1, -0.05) is 6.58 Å². The minimum atomic E-state index is -3.40. The van der Waals surface area contributed by atoms with Crippen LogP contribution in [-0.2, 0) is 19.1 Å². The maximum absolute atomic E-state index is 9.91. The van der Waals surface area contributed by atoms with Gasteiger partial charge in [0.1, 0.15) is 0 Å². The van der Waals surface area contributed by atoms with Crippen LogP contribution >= 0.6 is 22.3 Å². The molecule has 0 aliphatic rings. The van der Waals surface area contributed by atoms with Gasteiger partial charge in [0.2, 0.25) is 19.1 Å². The SMILES string of the molecule is C=CS(N)(=O)=O.N.O=S(=O)(Cl)CCCl. The summed E-state index contributed by atoms with van der Waals surface area (Å²) in [6.45, 7) is 2.92. The van der Waals surface area contributed by atoms with E-state index in [2.05, 4.69) is 11.7 Å². The highest BCUT2D eigenvalue weighted by Crippen LogP contribution is 1.95. The molecule has 14 heavy (non-hydrogen) atoms. The zero-order valence-electron chi connectivity index (χ0n) is 7.19. The molecule has 0 fully saturated rings. The Labute approximate surface area is 93.1 Å². The molecule has 0 heterocycles. The summed E-state index contributed by atoms with van der Waals surface area (Å²) < 4.78 is 39.1. The van der Waals surface area contributed by atoms with Crippen LogP contribution in [0.3, 0.4) is 0 Å². The van der Waals surface area contributed by atoms with Crippen molar-refractivity contribution in [2.45, 2.75) is 0 Å². The first-order valence-corrected chi connectivity index (χ1v) is 7.38. The Hall–Kier alpha value is 0.140. The largest absolute Gasteiger partial charge is 0.344 e. The van der Waals surface area contributed by atoms with Gasteiger partial charge in [-0.2, -0.15) is 0 Å². The Morgan fingerprint density at radius 2 is 1.57 bits per heavy atom. The van der Waals surface area contributed by atoms with Gasteiger partial charge >= 0.3 is 0 Å². The zero-order valence-corrected chi connectivity index (χ0v) is 10.3. The van der Waals surface area contributed by atoms with Crippen molar-refractivity contribution >= 4 is 41.4 Å². The lowest BCUT2D eigenvalue weighted by atomic mass is 11.0. The Morgan fingerprint density at radius 3 is 1.57 bits per heavy atom. The minimum absolute atomic E-state index is 0. The fourth-order valence-corrected chi connectivity index (χ4v) is 1.35. The van der Waals surface area contributed by atoms with E-state index < -0.39 is 19.1 Å². The lowest BCUT2D eigenvalue weighted by Crippen LogP contribution is -2.05. The van der Waals surface area contributed by atoms with Crippen LogP contribution in [0.15, 0.2) is 12.0 Å². The summed E-state index contributed by atoms with van der Waals surface area (Å²) in [4.78, 5) is 0. The second-order valence-electron chi connectivity index (χ2n) is 1.69. The van der Waals surface area contributed by atoms with Crippen LogP contribution in [0.2, 0.25) is 0 Å². The normalized spacial score (nSPS) is 10.5. The summed E-state index contributed by atoms with van der Waals surface area (Å²) in [6, 6.07) is 0. The van der Waals surface area contributed by atoms with Crippen molar-refractivity contribution in [2.75, 3.05) is 11.6 Å². The second-order valence-corrected chi connectivity index (χ2v) is 6.47. The number of hydrogen-bond acceptors (Lipinski definition) is 5. The van der Waals surface area contributed by atoms with Gasteiger partial charge in [-0.25, -0.2) is 22.0 Å². The predicted octanol–water partition coefficient (Wildman–Crippen LogP) is 0.374. The summed E-state index contributed by atoms with van der Waals surface area (Å²) in [5, 5.41) is 5.08. The molecule has 0 aliphatic heterocycles. The number of primary sulfonamides is 1. The standard InChI is InChI=1S/C2H4Cl2O2S.C2H5NO2S.H3N/c3-1-2-7(4,5)6;1-2-6(3,4)5;/h1-2H2;2H,1H2,(H2,3,4,5);1H3. The van der Waals surface area contributed by atoms with Crippen molar-refractivity contribution in [1.82, 2.24) is 6.15 Å². The number of rotatable bonds is 3. The molecular formula is C4H12Cl2N2O4S2. The average Bonchev–Trinajstić information content (AvgIpc) is 1.84. The number of sulfonamides is 1. The third-order valence-electron chi connectivity index (χ3n) is 0.553. The number of alkyl halides is 1. The van der Waals surface area contributed by atoms with Crippen molar-refractivity contribution in [3.63, 3.8) is 0 Å². The summed E-state index contributed by atoms with van der Waals surface area (Å²) >= 11 is 5.02. The van der Waals surface area contributed by atoms with Gasteiger partial charge in [0.25, 0.3) is 0 Å². The maximum Gasteiger partial charge on any atom is 0.233 e. The molecule has 0 amide bonds. The van der Waals surface area contributed by atoms with Gasteiger partial charge < -0.3 is 6.15 Å². The van der Waals surface area contributed by atoms with Gasteiger partial charge in [0, 0.05) is 22.0 Å². The Morgan fingerprint density at radius 1 is 1.29 bits per heavy atom. The van der Waals surface area contributed by atoms with Gasteiger partial charge in [0.05, 0.1) is 5.75 Å². The quantitative estimate of drug-likeness (QED) is 0.572. The number of halogens is 2. The second kappa shape index (κ2) is 8.45. The first kappa shape index (κ1) is 19.7. The summed E-state index contributed by atoms with van der Waals surface area (Å²) in [5.74, 6) is -0.0953. The molecule has 0 spiro atoms. The first-order valence-electron chi connectivity index (χ1n) is 2.76. The molecule has 0 rings (SSSR count). The third kappa shape index (κ3) is 29.6. The number of nitrogens with two attached hydrogens (primary N) is 1. The smallest absolute Gasteiger partial charge is 0.233 e. The van der Waals surface area contributed by atoms with Crippen LogP contribution in [0.1, 0.15) is 0 Å². The molecule has 0 saturated carbocycles. The average molecular weight is 287 g/mol. The van der Waals surface area contributed by atoms with Crippen molar-refractivity contribution in [3.8, 4) is 0 Å². The number of hydrogen-bond donors (Lipinski definition) is 2. The highest BCUT2D eigenvalue weighted by Gasteiger charge is 2.00. The molecule has 88 valence electrons. The van der Waals surface area contributed by atoms with E-state index in [0.717, 1.165) is 0 Å². The lowest BCUT2D eigenvalue weighted by molar-refractivity contribution is 0.605. The fraction of sp³-hybridized carbons (Fsp3) is 0.500. The molecule has 0 saturated heterocycles. The highest BCUT2D eigenvalue weighted by atomic mass is 35.7. The molecule has 0 atom stereocenters. The summed E-state index contributed by atoms with van der Waals surface area (Å²) in [7, 11) is -2.01. The molecule has 0 aromatic heterocycles. The summed E-state index contributed by atoms with van der Waals surface area (Å²) in [6.07, 6.45) is 0. The summed E-state index contributed by atoms with van der Waals surface area (Å²) in [5.41, 5.74) is 0. The predicted molar refractivity (Wildman–Crippen MR) is 58.7 cm³/mol. The van der Waals surface area contributed by atoms with E-state index in [1.165, 1.54) is 0 Å². The molecular weight excluding hydrogens is 275 g/mol. The van der Waals surface area contributed by atoms with Crippen molar-refractivity contribution in [1.29, 1.82) is 0 Å².